The van der Waals surface area contributed by atoms with E-state index in [9.17, 15) is 22.8 Å². The summed E-state index contributed by atoms with van der Waals surface area (Å²) < 4.78 is 27.6. The first-order chi connectivity index (χ1) is 23.0. The fourth-order valence-corrected chi connectivity index (χ4v) is 7.62. The smallest absolute Gasteiger partial charge is 0.326 e. The largest absolute Gasteiger partial charge is 0.481 e. The molecule has 0 heterocycles. The van der Waals surface area contributed by atoms with Gasteiger partial charge in [-0.1, -0.05) is 61.7 Å². The van der Waals surface area contributed by atoms with Crippen LogP contribution in [0, 0.1) is 13.8 Å². The molecule has 4 aromatic rings. The Hall–Kier alpha value is -4.96. The second-order valence-electron chi connectivity index (χ2n) is 12.4. The Morgan fingerprint density at radius 2 is 1.52 bits per heavy atom. The van der Waals surface area contributed by atoms with E-state index >= 15 is 0 Å². The van der Waals surface area contributed by atoms with Crippen molar-refractivity contribution in [3.63, 3.8) is 0 Å². The highest BCUT2D eigenvalue weighted by atomic mass is 32.2. The van der Waals surface area contributed by atoms with Gasteiger partial charge >= 0.3 is 12.0 Å². The van der Waals surface area contributed by atoms with Crippen LogP contribution in [0.5, 0.6) is 0 Å². The van der Waals surface area contributed by atoms with Gasteiger partial charge in [-0.05, 0) is 103 Å². The van der Waals surface area contributed by atoms with Gasteiger partial charge in [0.2, 0.25) is 9.84 Å². The topological polar surface area (TPSA) is 133 Å². The molecule has 3 N–H and O–H groups in total. The van der Waals surface area contributed by atoms with Crippen LogP contribution in [0.4, 0.5) is 16.2 Å². The fraction of sp³-hybridized carbons (Fsp3) is 0.289. The zero-order valence-corrected chi connectivity index (χ0v) is 28.1. The van der Waals surface area contributed by atoms with E-state index in [-0.39, 0.29) is 35.0 Å². The number of sulfone groups is 1. The molecule has 5 rings (SSSR count). The van der Waals surface area contributed by atoms with Gasteiger partial charge in [-0.15, -0.1) is 0 Å². The third-order valence-corrected chi connectivity index (χ3v) is 10.5. The van der Waals surface area contributed by atoms with E-state index < -0.39 is 27.7 Å². The number of carboxylic acid groups (broad SMARTS) is 1. The van der Waals surface area contributed by atoms with Crippen LogP contribution < -0.4 is 15.5 Å². The highest BCUT2D eigenvalue weighted by Gasteiger charge is 2.25. The minimum absolute atomic E-state index is 0.00677. The fourth-order valence-electron chi connectivity index (χ4n) is 6.02. The summed E-state index contributed by atoms with van der Waals surface area (Å²) in [5.41, 5.74) is 4.69. The molecule has 1 fully saturated rings. The van der Waals surface area contributed by atoms with Gasteiger partial charge in [-0.3, -0.25) is 14.5 Å². The standard InChI is InChI=1S/C38H41N3O6S/c1-26-7-6-10-33(23-26)48(46,47)35-24-27(2)11-20-34(35)40-38(45)41(32-18-16-30(17-19-32)29-8-4-3-5-9-29)25-28-12-14-31(15-13-28)37(44)39-22-21-36(42)43/h6-7,10-20,23-24,29H,3-5,8-9,21-22,25H2,1-2H3,(H,39,44)(H,40,45)(H,42,43). The molecule has 0 aromatic heterocycles. The zero-order valence-electron chi connectivity index (χ0n) is 27.2. The molecule has 0 aliphatic heterocycles. The summed E-state index contributed by atoms with van der Waals surface area (Å²) >= 11 is 0. The SMILES string of the molecule is Cc1cccc(S(=O)(=O)c2cc(C)ccc2NC(=O)N(Cc2ccc(C(=O)NCCC(=O)O)cc2)c2ccc(C3CCCCC3)cc2)c1. The molecule has 1 saturated carbocycles. The maximum atomic E-state index is 14.1. The predicted octanol–water partition coefficient (Wildman–Crippen LogP) is 7.63. The van der Waals surface area contributed by atoms with Gasteiger partial charge in [0.05, 0.1) is 28.4 Å². The monoisotopic (exact) mass is 667 g/mol. The van der Waals surface area contributed by atoms with Crippen LogP contribution in [-0.4, -0.2) is 38.0 Å². The molecule has 1 aliphatic carbocycles. The summed E-state index contributed by atoms with van der Waals surface area (Å²) in [5, 5.41) is 14.3. The average molecular weight is 668 g/mol. The van der Waals surface area contributed by atoms with Gasteiger partial charge in [-0.25, -0.2) is 13.2 Å². The van der Waals surface area contributed by atoms with Gasteiger partial charge in [0.25, 0.3) is 5.91 Å². The Bertz CT molecular complexity index is 1880. The highest BCUT2D eigenvalue weighted by molar-refractivity contribution is 7.91. The number of nitrogens with zero attached hydrogens (tertiary/aromatic N) is 1. The molecule has 0 saturated heterocycles. The van der Waals surface area contributed by atoms with E-state index in [0.29, 0.717) is 17.2 Å². The molecule has 48 heavy (non-hydrogen) atoms. The van der Waals surface area contributed by atoms with E-state index in [1.807, 2.05) is 25.1 Å². The molecule has 0 bridgehead atoms. The molecule has 1 aliphatic rings. The molecule has 250 valence electrons. The van der Waals surface area contributed by atoms with E-state index in [1.165, 1.54) is 24.8 Å². The summed E-state index contributed by atoms with van der Waals surface area (Å²) in [5.74, 6) is -0.898. The lowest BCUT2D eigenvalue weighted by Crippen LogP contribution is -2.35. The van der Waals surface area contributed by atoms with Gasteiger partial charge in [0.1, 0.15) is 0 Å². The van der Waals surface area contributed by atoms with Crippen LogP contribution in [0.1, 0.15) is 77.1 Å². The molecule has 0 spiro atoms. The number of rotatable bonds is 11. The Balaban J connectivity index is 1.44. The molecular weight excluding hydrogens is 627 g/mol. The number of aliphatic carboxylic acids is 1. The third kappa shape index (κ3) is 8.49. The minimum Gasteiger partial charge on any atom is -0.481 e. The second-order valence-corrected chi connectivity index (χ2v) is 14.3. The molecule has 3 amide bonds. The number of amides is 3. The van der Waals surface area contributed by atoms with E-state index in [4.69, 9.17) is 5.11 Å². The van der Waals surface area contributed by atoms with Crippen molar-refractivity contribution in [2.45, 2.75) is 74.6 Å². The van der Waals surface area contributed by atoms with Crippen molar-refractivity contribution in [3.8, 4) is 0 Å². The van der Waals surface area contributed by atoms with Crippen molar-refractivity contribution in [2.24, 2.45) is 0 Å². The van der Waals surface area contributed by atoms with Crippen LogP contribution >= 0.6 is 0 Å². The first-order valence-corrected chi connectivity index (χ1v) is 17.7. The Kier molecular flexibility index (Phi) is 11.0. The summed E-state index contributed by atoms with van der Waals surface area (Å²) in [6.45, 7) is 3.79. The van der Waals surface area contributed by atoms with Crippen molar-refractivity contribution >= 4 is 39.1 Å². The van der Waals surface area contributed by atoms with Crippen LogP contribution in [0.15, 0.2) is 101 Å². The molecular formula is C38H41N3O6S. The molecule has 0 atom stereocenters. The van der Waals surface area contributed by atoms with E-state index in [0.717, 1.165) is 29.5 Å². The number of carboxylic acids is 1. The summed E-state index contributed by atoms with van der Waals surface area (Å²) in [7, 11) is -3.96. The summed E-state index contributed by atoms with van der Waals surface area (Å²) in [6.07, 6.45) is 5.78. The lowest BCUT2D eigenvalue weighted by molar-refractivity contribution is -0.136. The van der Waals surface area contributed by atoms with Crippen LogP contribution in [0.2, 0.25) is 0 Å². The quantitative estimate of drug-likeness (QED) is 0.151. The first kappa shape index (κ1) is 34.4. The number of nitrogens with one attached hydrogen (secondary N) is 2. The van der Waals surface area contributed by atoms with Gasteiger partial charge in [-0.2, -0.15) is 0 Å². The Morgan fingerprint density at radius 3 is 2.19 bits per heavy atom. The Morgan fingerprint density at radius 1 is 0.833 bits per heavy atom. The van der Waals surface area contributed by atoms with Crippen molar-refractivity contribution in [1.29, 1.82) is 0 Å². The maximum absolute atomic E-state index is 14.1. The summed E-state index contributed by atoms with van der Waals surface area (Å²) in [4.78, 5) is 39.1. The highest BCUT2D eigenvalue weighted by Crippen LogP contribution is 2.34. The lowest BCUT2D eigenvalue weighted by atomic mass is 9.84. The van der Waals surface area contributed by atoms with Gasteiger partial charge < -0.3 is 15.7 Å². The first-order valence-electron chi connectivity index (χ1n) is 16.2. The number of aryl methyl sites for hydroxylation is 2. The number of urea groups is 1. The predicted molar refractivity (Wildman–Crippen MR) is 186 cm³/mol. The number of carbonyl (C=O) groups excluding carboxylic acids is 2. The van der Waals surface area contributed by atoms with Gasteiger partial charge in [0.15, 0.2) is 0 Å². The van der Waals surface area contributed by atoms with Crippen molar-refractivity contribution in [3.05, 3.63) is 119 Å². The van der Waals surface area contributed by atoms with Crippen LogP contribution in [0.25, 0.3) is 0 Å². The van der Waals surface area contributed by atoms with Crippen LogP contribution in [-0.2, 0) is 21.2 Å². The van der Waals surface area contributed by atoms with E-state index in [2.05, 4.69) is 22.8 Å². The zero-order chi connectivity index (χ0) is 34.3. The number of hydrogen-bond acceptors (Lipinski definition) is 5. The Labute approximate surface area is 281 Å². The molecule has 0 radical (unpaired) electrons. The normalized spacial score (nSPS) is 13.5. The molecule has 10 heteroatoms. The van der Waals surface area contributed by atoms with Crippen molar-refractivity contribution < 1.29 is 27.9 Å². The summed E-state index contributed by atoms with van der Waals surface area (Å²) in [6, 6.07) is 25.8. The average Bonchev–Trinajstić information content (AvgIpc) is 3.08. The van der Waals surface area contributed by atoms with Crippen LogP contribution in [0.3, 0.4) is 0 Å². The van der Waals surface area contributed by atoms with Crippen molar-refractivity contribution in [1.82, 2.24) is 5.32 Å². The lowest BCUT2D eigenvalue weighted by Gasteiger charge is -2.26. The second kappa shape index (κ2) is 15.3. The maximum Gasteiger partial charge on any atom is 0.326 e. The molecule has 4 aromatic carbocycles. The minimum atomic E-state index is -3.96. The number of carbonyl (C=O) groups is 3. The van der Waals surface area contributed by atoms with Gasteiger partial charge in [0, 0.05) is 17.8 Å². The molecule has 9 nitrogen and oxygen atoms in total. The number of anilines is 2. The molecule has 0 unspecified atom stereocenters. The third-order valence-electron chi connectivity index (χ3n) is 8.68. The van der Waals surface area contributed by atoms with E-state index in [1.54, 1.807) is 72.5 Å². The number of hydrogen-bond donors (Lipinski definition) is 3. The van der Waals surface area contributed by atoms with Crippen molar-refractivity contribution in [2.75, 3.05) is 16.8 Å². The number of benzene rings is 4.